The van der Waals surface area contributed by atoms with Gasteiger partial charge in [-0.15, -0.1) is 11.3 Å². The Bertz CT molecular complexity index is 1100. The minimum absolute atomic E-state index is 0.159. The highest BCUT2D eigenvalue weighted by Gasteiger charge is 2.21. The summed E-state index contributed by atoms with van der Waals surface area (Å²) in [5.41, 5.74) is 8.85. The van der Waals surface area contributed by atoms with Crippen molar-refractivity contribution in [3.05, 3.63) is 55.5 Å². The zero-order chi connectivity index (χ0) is 19.1. The van der Waals surface area contributed by atoms with E-state index >= 15 is 0 Å². The zero-order valence-electron chi connectivity index (χ0n) is 14.1. The van der Waals surface area contributed by atoms with E-state index in [1.165, 1.54) is 35.1 Å². The summed E-state index contributed by atoms with van der Waals surface area (Å²) in [5, 5.41) is 14.5. The molecule has 0 saturated carbocycles. The first kappa shape index (κ1) is 17.7. The standard InChI is InChI=1S/C18H15ClN4O3S/c19-12-6-5-10(23(25)26)8-14(12)21-17(24)16-15(20)11-7-9-3-1-2-4-13(9)22-18(11)27-16/h5-8H,1-4,20H2,(H,21,24). The number of nitro benzene ring substituents is 1. The number of nitrogens with zero attached hydrogens (tertiary/aromatic N) is 2. The molecular formula is C18H15ClN4O3S. The summed E-state index contributed by atoms with van der Waals surface area (Å²) in [6.45, 7) is 0. The molecule has 3 N–H and O–H groups in total. The number of aromatic nitrogens is 1. The normalized spacial score (nSPS) is 13.4. The Hall–Kier alpha value is -2.71. The first-order chi connectivity index (χ1) is 12.9. The van der Waals surface area contributed by atoms with Crippen LogP contribution < -0.4 is 11.1 Å². The molecule has 0 atom stereocenters. The number of nitrogens with one attached hydrogen (secondary N) is 1. The van der Waals surface area contributed by atoms with E-state index in [1.54, 1.807) is 0 Å². The summed E-state index contributed by atoms with van der Waals surface area (Å²) >= 11 is 7.27. The molecule has 0 unspecified atom stereocenters. The first-order valence-corrected chi connectivity index (χ1v) is 9.59. The summed E-state index contributed by atoms with van der Waals surface area (Å²) < 4.78 is 0. The number of nitrogen functional groups attached to an aromatic ring is 1. The predicted octanol–water partition coefficient (Wildman–Crippen LogP) is 4.57. The molecular weight excluding hydrogens is 388 g/mol. The van der Waals surface area contributed by atoms with Gasteiger partial charge < -0.3 is 11.1 Å². The molecule has 1 amide bonds. The number of nitro groups is 1. The van der Waals surface area contributed by atoms with Gasteiger partial charge in [0.05, 0.1) is 21.3 Å². The number of pyridine rings is 1. The van der Waals surface area contributed by atoms with Crippen molar-refractivity contribution >= 4 is 56.1 Å². The number of benzene rings is 1. The fourth-order valence-corrected chi connectivity index (χ4v) is 4.39. The Morgan fingerprint density at radius 3 is 2.85 bits per heavy atom. The molecule has 1 aromatic carbocycles. The maximum Gasteiger partial charge on any atom is 0.271 e. The van der Waals surface area contributed by atoms with Crippen LogP contribution in [-0.4, -0.2) is 15.8 Å². The average molecular weight is 403 g/mol. The van der Waals surface area contributed by atoms with Crippen LogP contribution in [0, 0.1) is 10.1 Å². The Labute approximate surface area is 163 Å². The molecule has 1 aliphatic rings. The molecule has 0 spiro atoms. The number of anilines is 2. The van der Waals surface area contributed by atoms with E-state index in [9.17, 15) is 14.9 Å². The van der Waals surface area contributed by atoms with Crippen LogP contribution in [0.2, 0.25) is 5.02 Å². The number of aryl methyl sites for hydroxylation is 2. The molecule has 9 heteroatoms. The van der Waals surface area contributed by atoms with Crippen LogP contribution in [0.5, 0.6) is 0 Å². The van der Waals surface area contributed by atoms with Gasteiger partial charge in [0.25, 0.3) is 11.6 Å². The van der Waals surface area contributed by atoms with Gasteiger partial charge in [-0.25, -0.2) is 4.98 Å². The van der Waals surface area contributed by atoms with Crippen molar-refractivity contribution in [2.75, 3.05) is 11.1 Å². The Morgan fingerprint density at radius 2 is 2.07 bits per heavy atom. The second-order valence-electron chi connectivity index (χ2n) is 6.37. The molecule has 3 aromatic rings. The van der Waals surface area contributed by atoms with Gasteiger partial charge >= 0.3 is 0 Å². The monoisotopic (exact) mass is 402 g/mol. The number of amides is 1. The lowest BCUT2D eigenvalue weighted by Crippen LogP contribution is -2.12. The molecule has 27 heavy (non-hydrogen) atoms. The number of non-ortho nitro benzene ring substituents is 1. The second kappa shape index (κ2) is 6.79. The highest BCUT2D eigenvalue weighted by Crippen LogP contribution is 2.36. The van der Waals surface area contributed by atoms with E-state index < -0.39 is 10.8 Å². The lowest BCUT2D eigenvalue weighted by molar-refractivity contribution is -0.384. The van der Waals surface area contributed by atoms with Crippen molar-refractivity contribution in [2.24, 2.45) is 0 Å². The van der Waals surface area contributed by atoms with Crippen LogP contribution in [0.3, 0.4) is 0 Å². The SMILES string of the molecule is Nc1c(C(=O)Nc2cc([N+](=O)[O-])ccc2Cl)sc2nc3c(cc12)CCCC3. The van der Waals surface area contributed by atoms with Gasteiger partial charge in [0, 0.05) is 23.2 Å². The molecule has 0 saturated heterocycles. The van der Waals surface area contributed by atoms with Crippen LogP contribution in [0.15, 0.2) is 24.3 Å². The van der Waals surface area contributed by atoms with Crippen LogP contribution in [-0.2, 0) is 12.8 Å². The van der Waals surface area contributed by atoms with Gasteiger partial charge in [-0.1, -0.05) is 11.6 Å². The van der Waals surface area contributed by atoms with E-state index in [2.05, 4.69) is 10.3 Å². The molecule has 138 valence electrons. The molecule has 0 bridgehead atoms. The van der Waals surface area contributed by atoms with Crippen LogP contribution >= 0.6 is 22.9 Å². The highest BCUT2D eigenvalue weighted by molar-refractivity contribution is 7.21. The van der Waals surface area contributed by atoms with Crippen LogP contribution in [0.4, 0.5) is 17.1 Å². The topological polar surface area (TPSA) is 111 Å². The number of carbonyl (C=O) groups is 1. The third kappa shape index (κ3) is 3.22. The van der Waals surface area contributed by atoms with Gasteiger partial charge in [0.2, 0.25) is 0 Å². The smallest absolute Gasteiger partial charge is 0.271 e. The van der Waals surface area contributed by atoms with Crippen molar-refractivity contribution < 1.29 is 9.72 Å². The number of nitrogens with two attached hydrogens (primary N) is 1. The second-order valence-corrected chi connectivity index (χ2v) is 7.78. The molecule has 2 aromatic heterocycles. The largest absolute Gasteiger partial charge is 0.397 e. The van der Waals surface area contributed by atoms with E-state index in [-0.39, 0.29) is 16.4 Å². The fourth-order valence-electron chi connectivity index (χ4n) is 3.23. The van der Waals surface area contributed by atoms with Gasteiger partial charge in [-0.3, -0.25) is 14.9 Å². The minimum atomic E-state index is -0.547. The molecule has 2 heterocycles. The summed E-state index contributed by atoms with van der Waals surface area (Å²) in [6, 6.07) is 5.90. The number of carbonyl (C=O) groups excluding carboxylic acids is 1. The summed E-state index contributed by atoms with van der Waals surface area (Å²) in [4.78, 5) is 28.8. The Kier molecular flexibility index (Phi) is 4.45. The summed E-state index contributed by atoms with van der Waals surface area (Å²) in [7, 11) is 0. The average Bonchev–Trinajstić information content (AvgIpc) is 2.97. The number of fused-ring (bicyclic) bond motifs is 2. The quantitative estimate of drug-likeness (QED) is 0.492. The van der Waals surface area contributed by atoms with Crippen molar-refractivity contribution in [3.63, 3.8) is 0 Å². The summed E-state index contributed by atoms with van der Waals surface area (Å²) in [6.07, 6.45) is 4.15. The van der Waals surface area contributed by atoms with Crippen molar-refractivity contribution in [1.82, 2.24) is 4.98 Å². The number of rotatable bonds is 3. The van der Waals surface area contributed by atoms with Gasteiger partial charge in [0.15, 0.2) is 0 Å². The summed E-state index contributed by atoms with van der Waals surface area (Å²) in [5.74, 6) is -0.462. The number of halogens is 1. The number of thiophene rings is 1. The lowest BCUT2D eigenvalue weighted by atomic mass is 9.95. The molecule has 0 fully saturated rings. The Morgan fingerprint density at radius 1 is 1.30 bits per heavy atom. The van der Waals surface area contributed by atoms with Gasteiger partial charge in [-0.2, -0.15) is 0 Å². The van der Waals surface area contributed by atoms with E-state index in [0.717, 1.165) is 41.6 Å². The maximum atomic E-state index is 12.7. The third-order valence-corrected chi connectivity index (χ3v) is 6.06. The third-order valence-electron chi connectivity index (χ3n) is 4.61. The fraction of sp³-hybridized carbons (Fsp3) is 0.222. The minimum Gasteiger partial charge on any atom is -0.397 e. The zero-order valence-corrected chi connectivity index (χ0v) is 15.7. The molecule has 0 aliphatic heterocycles. The highest BCUT2D eigenvalue weighted by atomic mass is 35.5. The molecule has 4 rings (SSSR count). The molecule has 7 nitrogen and oxygen atoms in total. The molecule has 1 aliphatic carbocycles. The Balaban J connectivity index is 1.70. The molecule has 0 radical (unpaired) electrons. The van der Waals surface area contributed by atoms with Crippen molar-refractivity contribution in [2.45, 2.75) is 25.7 Å². The van der Waals surface area contributed by atoms with E-state index in [1.807, 2.05) is 6.07 Å². The van der Waals surface area contributed by atoms with Gasteiger partial charge in [0.1, 0.15) is 9.71 Å². The lowest BCUT2D eigenvalue weighted by Gasteiger charge is -2.14. The first-order valence-electron chi connectivity index (χ1n) is 8.40. The maximum absolute atomic E-state index is 12.7. The van der Waals surface area contributed by atoms with E-state index in [0.29, 0.717) is 10.6 Å². The van der Waals surface area contributed by atoms with Crippen LogP contribution in [0.25, 0.3) is 10.2 Å². The van der Waals surface area contributed by atoms with Crippen LogP contribution in [0.1, 0.15) is 33.8 Å². The number of hydrogen-bond donors (Lipinski definition) is 2. The predicted molar refractivity (Wildman–Crippen MR) is 107 cm³/mol. The number of hydrogen-bond acceptors (Lipinski definition) is 6. The van der Waals surface area contributed by atoms with Crippen molar-refractivity contribution in [1.29, 1.82) is 0 Å². The van der Waals surface area contributed by atoms with E-state index in [4.69, 9.17) is 17.3 Å². The van der Waals surface area contributed by atoms with Gasteiger partial charge in [-0.05, 0) is 43.4 Å². The van der Waals surface area contributed by atoms with Crippen molar-refractivity contribution in [3.8, 4) is 0 Å².